The smallest absolute Gasteiger partial charge is 0.142 e. The van der Waals surface area contributed by atoms with Gasteiger partial charge in [-0.1, -0.05) is 87.8 Å². The SMILES string of the molecule is C=C(N)c1ccc(CCCC)c(F)c1-c1c(Cl)c(F)cc(Cc2ccccc2)c1C(C)C. The summed E-state index contributed by atoms with van der Waals surface area (Å²) in [6, 6.07) is 14.8. The van der Waals surface area contributed by atoms with Crippen LogP contribution in [0.2, 0.25) is 5.02 Å². The fraction of sp³-hybridized carbons (Fsp3) is 0.286. The Morgan fingerprint density at radius 1 is 1.03 bits per heavy atom. The zero-order valence-electron chi connectivity index (χ0n) is 18.9. The van der Waals surface area contributed by atoms with E-state index in [2.05, 4.69) is 13.5 Å². The van der Waals surface area contributed by atoms with Crippen molar-refractivity contribution in [3.63, 3.8) is 0 Å². The normalized spacial score (nSPS) is 11.2. The predicted octanol–water partition coefficient (Wildman–Crippen LogP) is 8.27. The van der Waals surface area contributed by atoms with Gasteiger partial charge in [0.1, 0.15) is 11.6 Å². The minimum atomic E-state index is -0.566. The van der Waals surface area contributed by atoms with Crippen molar-refractivity contribution >= 4 is 17.3 Å². The molecule has 0 unspecified atom stereocenters. The highest BCUT2D eigenvalue weighted by atomic mass is 35.5. The van der Waals surface area contributed by atoms with Gasteiger partial charge in [-0.05, 0) is 53.5 Å². The summed E-state index contributed by atoms with van der Waals surface area (Å²) in [6.45, 7) is 9.92. The Kier molecular flexibility index (Phi) is 7.73. The second-order valence-corrected chi connectivity index (χ2v) is 8.91. The van der Waals surface area contributed by atoms with E-state index >= 15 is 8.78 Å². The van der Waals surface area contributed by atoms with Crippen LogP contribution in [0.25, 0.3) is 16.8 Å². The van der Waals surface area contributed by atoms with E-state index in [-0.39, 0.29) is 22.2 Å². The van der Waals surface area contributed by atoms with Gasteiger partial charge in [0.25, 0.3) is 0 Å². The van der Waals surface area contributed by atoms with Crippen LogP contribution in [0.15, 0.2) is 55.1 Å². The molecular weight excluding hydrogens is 424 g/mol. The minimum Gasteiger partial charge on any atom is -0.399 e. The Bertz CT molecular complexity index is 1120. The van der Waals surface area contributed by atoms with Crippen molar-refractivity contribution in [2.45, 2.75) is 52.4 Å². The van der Waals surface area contributed by atoms with E-state index in [4.69, 9.17) is 17.3 Å². The summed E-state index contributed by atoms with van der Waals surface area (Å²) in [6.07, 6.45) is 2.91. The summed E-state index contributed by atoms with van der Waals surface area (Å²) in [5, 5.41) is -0.0837. The second kappa shape index (κ2) is 10.3. The number of aryl methyl sites for hydroxylation is 1. The number of benzene rings is 3. The van der Waals surface area contributed by atoms with Crippen molar-refractivity contribution in [2.75, 3.05) is 0 Å². The van der Waals surface area contributed by atoms with E-state index in [9.17, 15) is 0 Å². The highest BCUT2D eigenvalue weighted by Crippen LogP contribution is 2.44. The van der Waals surface area contributed by atoms with E-state index in [0.717, 1.165) is 29.5 Å². The molecule has 0 atom stereocenters. The Morgan fingerprint density at radius 3 is 2.31 bits per heavy atom. The molecule has 0 aliphatic rings. The maximum absolute atomic E-state index is 15.9. The van der Waals surface area contributed by atoms with Crippen LogP contribution >= 0.6 is 11.6 Å². The van der Waals surface area contributed by atoms with E-state index in [1.165, 1.54) is 6.07 Å². The van der Waals surface area contributed by atoms with Crippen LogP contribution in [0.3, 0.4) is 0 Å². The van der Waals surface area contributed by atoms with Crippen LogP contribution in [0.4, 0.5) is 8.78 Å². The molecule has 0 aromatic heterocycles. The fourth-order valence-corrected chi connectivity index (χ4v) is 4.50. The first-order chi connectivity index (χ1) is 15.3. The van der Waals surface area contributed by atoms with Crippen molar-refractivity contribution < 1.29 is 8.78 Å². The largest absolute Gasteiger partial charge is 0.399 e. The molecule has 3 aromatic rings. The number of hydrogen-bond donors (Lipinski definition) is 1. The maximum atomic E-state index is 15.9. The second-order valence-electron chi connectivity index (χ2n) is 8.53. The Hall–Kier alpha value is -2.65. The number of halogens is 3. The molecule has 2 N–H and O–H groups in total. The lowest BCUT2D eigenvalue weighted by molar-refractivity contribution is 0.604. The molecule has 32 heavy (non-hydrogen) atoms. The number of hydrogen-bond acceptors (Lipinski definition) is 1. The van der Waals surface area contributed by atoms with Crippen LogP contribution in [-0.2, 0) is 12.8 Å². The molecule has 3 rings (SSSR count). The standard InChI is InChI=1S/C28H30ClF2N/c1-5-6-12-20-13-14-22(18(4)32)25(28(20)31)26-24(17(2)3)21(16-23(30)27(26)29)15-19-10-8-7-9-11-19/h7-11,13-14,16-17H,4-6,12,15,32H2,1-3H3. The maximum Gasteiger partial charge on any atom is 0.142 e. The quantitative estimate of drug-likeness (QED) is 0.365. The van der Waals surface area contributed by atoms with Crippen LogP contribution in [0.1, 0.15) is 67.3 Å². The summed E-state index contributed by atoms with van der Waals surface area (Å²) in [5.74, 6) is -0.981. The summed E-state index contributed by atoms with van der Waals surface area (Å²) < 4.78 is 31.1. The van der Waals surface area contributed by atoms with Gasteiger partial charge in [0.15, 0.2) is 0 Å². The van der Waals surface area contributed by atoms with Crippen LogP contribution in [0, 0.1) is 11.6 Å². The predicted molar refractivity (Wildman–Crippen MR) is 132 cm³/mol. The summed E-state index contributed by atoms with van der Waals surface area (Å²) in [5.41, 5.74) is 10.6. The first-order valence-electron chi connectivity index (χ1n) is 11.1. The van der Waals surface area contributed by atoms with Gasteiger partial charge in [0.2, 0.25) is 0 Å². The lowest BCUT2D eigenvalue weighted by atomic mass is 9.83. The molecule has 0 radical (unpaired) electrons. The van der Waals surface area contributed by atoms with Gasteiger partial charge >= 0.3 is 0 Å². The van der Waals surface area contributed by atoms with Gasteiger partial charge < -0.3 is 5.73 Å². The average Bonchev–Trinajstić information content (AvgIpc) is 2.75. The third-order valence-electron chi connectivity index (χ3n) is 5.78. The lowest BCUT2D eigenvalue weighted by Gasteiger charge is -2.23. The fourth-order valence-electron chi connectivity index (χ4n) is 4.25. The molecule has 3 aromatic carbocycles. The highest BCUT2D eigenvalue weighted by molar-refractivity contribution is 6.34. The van der Waals surface area contributed by atoms with Crippen LogP contribution < -0.4 is 5.73 Å². The molecule has 0 aliphatic heterocycles. The van der Waals surface area contributed by atoms with Crippen LogP contribution in [-0.4, -0.2) is 0 Å². The van der Waals surface area contributed by atoms with E-state index < -0.39 is 11.6 Å². The van der Waals surface area contributed by atoms with Gasteiger partial charge in [0.05, 0.1) is 5.02 Å². The summed E-state index contributed by atoms with van der Waals surface area (Å²) >= 11 is 6.55. The van der Waals surface area contributed by atoms with E-state index in [1.807, 2.05) is 44.2 Å². The first kappa shape index (κ1) is 24.0. The third-order valence-corrected chi connectivity index (χ3v) is 6.15. The van der Waals surface area contributed by atoms with Gasteiger partial charge in [0, 0.05) is 22.4 Å². The molecule has 0 fully saturated rings. The number of nitrogens with two attached hydrogens (primary N) is 1. The van der Waals surface area contributed by atoms with Gasteiger partial charge in [-0.3, -0.25) is 0 Å². The van der Waals surface area contributed by atoms with E-state index in [1.54, 1.807) is 12.1 Å². The highest BCUT2D eigenvalue weighted by Gasteiger charge is 2.26. The molecule has 0 amide bonds. The molecule has 0 spiro atoms. The Balaban J connectivity index is 2.35. The third kappa shape index (κ3) is 4.88. The summed E-state index contributed by atoms with van der Waals surface area (Å²) in [7, 11) is 0. The molecule has 0 aliphatic carbocycles. The lowest BCUT2D eigenvalue weighted by Crippen LogP contribution is -2.09. The number of rotatable bonds is 8. The van der Waals surface area contributed by atoms with E-state index in [0.29, 0.717) is 29.5 Å². The van der Waals surface area contributed by atoms with Gasteiger partial charge in [-0.2, -0.15) is 0 Å². The average molecular weight is 454 g/mol. The molecular formula is C28H30ClF2N. The van der Waals surface area contributed by atoms with Crippen molar-refractivity contribution in [3.05, 3.63) is 99.6 Å². The Labute approximate surface area is 194 Å². The molecule has 0 bridgehead atoms. The van der Waals surface area contributed by atoms with Gasteiger partial charge in [-0.25, -0.2) is 8.78 Å². The molecule has 1 nitrogen and oxygen atoms in total. The van der Waals surface area contributed by atoms with Crippen molar-refractivity contribution in [1.82, 2.24) is 0 Å². The van der Waals surface area contributed by atoms with Crippen molar-refractivity contribution in [2.24, 2.45) is 5.73 Å². The Morgan fingerprint density at radius 2 is 1.72 bits per heavy atom. The molecule has 4 heteroatoms. The van der Waals surface area contributed by atoms with Crippen LogP contribution in [0.5, 0.6) is 0 Å². The molecule has 0 saturated carbocycles. The van der Waals surface area contributed by atoms with Gasteiger partial charge in [-0.15, -0.1) is 0 Å². The minimum absolute atomic E-state index is 0.0144. The zero-order chi connectivity index (χ0) is 23.4. The topological polar surface area (TPSA) is 26.0 Å². The summed E-state index contributed by atoms with van der Waals surface area (Å²) in [4.78, 5) is 0. The molecule has 0 saturated heterocycles. The van der Waals surface area contributed by atoms with Crippen molar-refractivity contribution in [3.8, 4) is 11.1 Å². The zero-order valence-corrected chi connectivity index (χ0v) is 19.7. The monoisotopic (exact) mass is 453 g/mol. The number of unbranched alkanes of at least 4 members (excludes halogenated alkanes) is 1. The van der Waals surface area contributed by atoms with Crippen molar-refractivity contribution in [1.29, 1.82) is 0 Å². The first-order valence-corrected chi connectivity index (χ1v) is 11.4. The molecule has 0 heterocycles. The molecule has 168 valence electrons.